The maximum absolute atomic E-state index is 12.5. The Hall–Kier alpha value is -7.60. The monoisotopic (exact) mass is 740 g/mol. The number of carboxylic acid groups (broad SMARTS) is 3. The molecule has 0 radical (unpaired) electrons. The first-order valence-corrected chi connectivity index (χ1v) is 16.7. The molecule has 0 unspecified atom stereocenters. The van der Waals surface area contributed by atoms with Gasteiger partial charge in [0.15, 0.2) is 0 Å². The molecule has 55 heavy (non-hydrogen) atoms. The lowest BCUT2D eigenvalue weighted by molar-refractivity contribution is 0.0651. The van der Waals surface area contributed by atoms with Gasteiger partial charge >= 0.3 is 23.8 Å². The molecule has 276 valence electrons. The molecule has 0 saturated carbocycles. The molecule has 0 aliphatic rings. The predicted octanol–water partition coefficient (Wildman–Crippen LogP) is 8.94. The Morgan fingerprint density at radius 2 is 0.800 bits per heavy atom. The number of carboxylic acids is 3. The van der Waals surface area contributed by atoms with E-state index in [1.165, 1.54) is 65.2 Å². The Morgan fingerprint density at radius 1 is 0.455 bits per heavy atom. The Bertz CT molecular complexity index is 2390. The van der Waals surface area contributed by atoms with Crippen molar-refractivity contribution >= 4 is 35.2 Å². The zero-order chi connectivity index (χ0) is 39.4. The van der Waals surface area contributed by atoms with Gasteiger partial charge in [-0.15, -0.1) is 4.58 Å². The van der Waals surface area contributed by atoms with Crippen molar-refractivity contribution in [3.63, 3.8) is 0 Å². The first-order valence-electron chi connectivity index (χ1n) is 16.7. The first kappa shape index (κ1) is 37.2. The van der Waals surface area contributed by atoms with Crippen LogP contribution in [0, 0.1) is 0 Å². The van der Waals surface area contributed by atoms with Gasteiger partial charge in [-0.2, -0.15) is 0 Å². The number of nitrogens with zero attached hydrogens (tertiary/aromatic N) is 1. The van der Waals surface area contributed by atoms with Crippen LogP contribution in [0.2, 0.25) is 0 Å². The lowest BCUT2D eigenvalue weighted by Crippen LogP contribution is -2.20. The molecule has 0 spiro atoms. The van der Waals surface area contributed by atoms with Crippen LogP contribution in [0.1, 0.15) is 61.6 Å². The molecular weight excluding hydrogens is 706 g/mol. The third-order valence-electron chi connectivity index (χ3n) is 8.97. The number of hydrogen-bond donors (Lipinski definition) is 6. The van der Waals surface area contributed by atoms with Gasteiger partial charge in [-0.25, -0.2) is 14.4 Å². The average molecular weight is 741 g/mol. The maximum Gasteiger partial charge on any atom is 0.380 e. The number of benzene rings is 6. The van der Waals surface area contributed by atoms with Crippen LogP contribution in [-0.4, -0.2) is 54.4 Å². The van der Waals surface area contributed by atoms with Gasteiger partial charge in [0, 0.05) is 29.7 Å². The molecular formula is C43H34NO11+. The number of ether oxygens (including phenoxy) is 2. The fourth-order valence-corrected chi connectivity index (χ4v) is 5.94. The number of hydrogen-bond acceptors (Lipinski definition) is 7. The van der Waals surface area contributed by atoms with Crippen LogP contribution >= 0.6 is 0 Å². The molecule has 6 aromatic rings. The summed E-state index contributed by atoms with van der Waals surface area (Å²) in [5.74, 6) is -3.19. The van der Waals surface area contributed by atoms with E-state index in [1.54, 1.807) is 48.5 Å². The van der Waals surface area contributed by atoms with Crippen LogP contribution in [0.3, 0.4) is 0 Å². The van der Waals surface area contributed by atoms with E-state index in [-0.39, 0.29) is 45.3 Å². The minimum atomic E-state index is -1.38. The molecule has 0 fully saturated rings. The van der Waals surface area contributed by atoms with Gasteiger partial charge < -0.3 is 40.1 Å². The Morgan fingerprint density at radius 3 is 1.18 bits per heavy atom. The molecule has 6 N–H and O–H groups in total. The van der Waals surface area contributed by atoms with Crippen LogP contribution in [0.5, 0.6) is 34.5 Å². The van der Waals surface area contributed by atoms with Gasteiger partial charge in [0.1, 0.15) is 40.1 Å². The number of aliphatic hydroxyl groups excluding tert-OH is 1. The molecule has 0 amide bonds. The normalized spacial score (nSPS) is 11.0. The topological polar surface area (TPSA) is 194 Å². The predicted molar refractivity (Wildman–Crippen MR) is 203 cm³/mol. The molecule has 0 heterocycles. The summed E-state index contributed by atoms with van der Waals surface area (Å²) in [6.45, 7) is 4.06. The second-order valence-electron chi connectivity index (χ2n) is 12.9. The van der Waals surface area contributed by atoms with Gasteiger partial charge in [0.2, 0.25) is 11.4 Å². The van der Waals surface area contributed by atoms with E-state index >= 15 is 0 Å². The van der Waals surface area contributed by atoms with Gasteiger partial charge in [0.05, 0.1) is 16.7 Å². The highest BCUT2D eigenvalue weighted by Crippen LogP contribution is 2.35. The highest BCUT2D eigenvalue weighted by Gasteiger charge is 2.28. The number of phenolic OH excluding ortho intramolecular Hbond substituents is 2. The summed E-state index contributed by atoms with van der Waals surface area (Å²) in [6.07, 6.45) is 0. The van der Waals surface area contributed by atoms with Crippen LogP contribution < -0.4 is 14.0 Å². The lowest BCUT2D eigenvalue weighted by Gasteiger charge is -2.26. The molecule has 12 nitrogen and oxygen atoms in total. The van der Waals surface area contributed by atoms with E-state index in [0.717, 1.165) is 11.1 Å². The first-order chi connectivity index (χ1) is 26.2. The third kappa shape index (κ3) is 8.08. The minimum absolute atomic E-state index is 0.00273. The molecule has 0 bridgehead atoms. The van der Waals surface area contributed by atoms with Gasteiger partial charge in [-0.05, 0) is 96.1 Å². The second kappa shape index (κ2) is 15.2. The highest BCUT2D eigenvalue weighted by atomic mass is 16.5. The van der Waals surface area contributed by atoms with Crippen molar-refractivity contribution in [1.82, 2.24) is 4.58 Å². The van der Waals surface area contributed by atoms with E-state index < -0.39 is 29.2 Å². The van der Waals surface area contributed by atoms with Crippen molar-refractivity contribution in [3.05, 3.63) is 167 Å². The molecule has 0 aromatic heterocycles. The van der Waals surface area contributed by atoms with E-state index in [2.05, 4.69) is 0 Å². The van der Waals surface area contributed by atoms with E-state index in [4.69, 9.17) is 9.47 Å². The fourth-order valence-electron chi connectivity index (χ4n) is 5.94. The number of carbonyl (C=O) groups is 3. The third-order valence-corrected chi connectivity index (χ3v) is 8.97. The summed E-state index contributed by atoms with van der Waals surface area (Å²) in [7, 11) is 0. The van der Waals surface area contributed by atoms with Gasteiger partial charge in [-0.1, -0.05) is 38.1 Å². The Balaban J connectivity index is 1.22. The average Bonchev–Trinajstić information content (AvgIpc) is 3.16. The highest BCUT2D eigenvalue weighted by molar-refractivity contribution is 6.06. The van der Waals surface area contributed by atoms with Crippen molar-refractivity contribution in [3.8, 4) is 34.5 Å². The summed E-state index contributed by atoms with van der Waals surface area (Å²) in [6, 6.07) is 34.4. The summed E-state index contributed by atoms with van der Waals surface area (Å²) < 4.78 is 13.2. The zero-order valence-electron chi connectivity index (χ0n) is 29.4. The van der Waals surface area contributed by atoms with Crippen LogP contribution in [0.15, 0.2) is 133 Å². The van der Waals surface area contributed by atoms with Crippen molar-refractivity contribution in [2.24, 2.45) is 0 Å². The number of aliphatic hydroxyl groups is 1. The molecule has 0 atom stereocenters. The van der Waals surface area contributed by atoms with Crippen molar-refractivity contribution in [1.29, 1.82) is 0 Å². The summed E-state index contributed by atoms with van der Waals surface area (Å²) in [5, 5.41) is 60.0. The number of aromatic hydroxyl groups is 2. The molecule has 6 rings (SSSR count). The number of aromatic carboxylic acids is 3. The molecule has 6 aromatic carbocycles. The molecule has 0 aliphatic heterocycles. The Kier molecular flexibility index (Phi) is 10.3. The number of rotatable bonds is 12. The largest absolute Gasteiger partial charge is 0.508 e. The van der Waals surface area contributed by atoms with Gasteiger partial charge in [0.25, 0.3) is 0 Å². The van der Waals surface area contributed by atoms with Crippen LogP contribution in [0.4, 0.5) is 11.4 Å². The Labute approximate surface area is 314 Å². The fraction of sp³-hybridized carbons (Fsp3) is 0.0698. The lowest BCUT2D eigenvalue weighted by atomic mass is 9.78. The number of phenols is 2. The quantitative estimate of drug-likeness (QED) is 0.0398. The van der Waals surface area contributed by atoms with Crippen LogP contribution in [-0.2, 0) is 5.41 Å². The summed E-state index contributed by atoms with van der Waals surface area (Å²) in [5.41, 5.74) is 1.28. The van der Waals surface area contributed by atoms with Crippen LogP contribution in [0.25, 0.3) is 0 Å². The summed E-state index contributed by atoms with van der Waals surface area (Å²) >= 11 is 0. The van der Waals surface area contributed by atoms with Crippen molar-refractivity contribution < 1.29 is 54.5 Å². The van der Waals surface area contributed by atoms with Crippen molar-refractivity contribution in [2.75, 3.05) is 0 Å². The SMILES string of the molecule is CC(C)(c1ccc(Oc2ccc(C(=O)O)c(C(=O)O)c2)cc1)c1ccc(Oc2ccc(C(O)=[N+](c3ccc(O)cc3)c3ccc(O)cc3)c(C(=O)O)c2)cc1. The molecule has 0 aliphatic carbocycles. The minimum Gasteiger partial charge on any atom is -0.508 e. The zero-order valence-corrected chi connectivity index (χ0v) is 29.4. The molecule has 12 heteroatoms. The smallest absolute Gasteiger partial charge is 0.380 e. The second-order valence-corrected chi connectivity index (χ2v) is 12.9. The van der Waals surface area contributed by atoms with Crippen molar-refractivity contribution in [2.45, 2.75) is 19.3 Å². The maximum atomic E-state index is 12.5. The van der Waals surface area contributed by atoms with E-state index in [1.807, 2.05) is 38.1 Å². The standard InChI is InChI=1S/C43H33NO11/c1-43(2,26-5-17-32(18-6-26)55-34-20-22-36(40(48)49)38(24-34)42(52)53)25-3-15-31(16-4-25)54-33-19-21-35(37(23-33)41(50)51)39(47)44(27-7-11-29(45)12-8-27)28-9-13-30(46)14-10-28/h3-24H,1-2H3,(H5,45,46,48,49,50,51,52,53)/p+1. The van der Waals surface area contributed by atoms with E-state index in [0.29, 0.717) is 22.9 Å². The van der Waals surface area contributed by atoms with Gasteiger partial charge in [-0.3, -0.25) is 0 Å². The van der Waals surface area contributed by atoms with E-state index in [9.17, 15) is 45.0 Å². The summed E-state index contributed by atoms with van der Waals surface area (Å²) in [4.78, 5) is 35.4. The molecule has 0 saturated heterocycles.